The molecule has 1 saturated carbocycles. The normalized spacial score (nSPS) is 13.0. The molecule has 4 aromatic carbocycles. The van der Waals surface area contributed by atoms with Gasteiger partial charge in [-0.1, -0.05) is 42.8 Å². The minimum Gasteiger partial charge on any atom is -0.379 e. The van der Waals surface area contributed by atoms with Gasteiger partial charge in [-0.05, 0) is 67.3 Å². The number of nitro benzene ring substituents is 2. The molecule has 236 valence electrons. The lowest BCUT2D eigenvalue weighted by Crippen LogP contribution is -2.21. The van der Waals surface area contributed by atoms with Gasteiger partial charge in [0, 0.05) is 18.7 Å². The zero-order valence-electron chi connectivity index (χ0n) is 23.5. The second-order valence-electron chi connectivity index (χ2n) is 9.93. The Morgan fingerprint density at radius 1 is 0.689 bits per heavy atom. The fraction of sp³-hybridized carbons (Fsp3) is 0.172. The number of benzene rings is 4. The van der Waals surface area contributed by atoms with Gasteiger partial charge >= 0.3 is 5.69 Å². The highest BCUT2D eigenvalue weighted by Gasteiger charge is 2.22. The molecule has 0 atom stereocenters. The molecule has 13 nitrogen and oxygen atoms in total. The molecule has 1 fully saturated rings. The van der Waals surface area contributed by atoms with E-state index in [-0.39, 0.29) is 26.9 Å². The van der Waals surface area contributed by atoms with Gasteiger partial charge in [-0.15, -0.1) is 0 Å². The van der Waals surface area contributed by atoms with Crippen molar-refractivity contribution in [2.24, 2.45) is 5.92 Å². The molecule has 3 N–H and O–H groups in total. The van der Waals surface area contributed by atoms with Crippen molar-refractivity contribution in [3.05, 3.63) is 123 Å². The summed E-state index contributed by atoms with van der Waals surface area (Å²) in [5.74, 6) is -0.478. The number of anilines is 3. The first-order chi connectivity index (χ1) is 21.4. The van der Waals surface area contributed by atoms with Gasteiger partial charge in [0.25, 0.3) is 25.7 Å². The lowest BCUT2D eigenvalue weighted by atomic mass is 9.85. The van der Waals surface area contributed by atoms with Crippen LogP contribution in [0.4, 0.5) is 32.8 Å². The van der Waals surface area contributed by atoms with Crippen LogP contribution in [0.2, 0.25) is 0 Å². The minimum atomic E-state index is -3.86. The van der Waals surface area contributed by atoms with Gasteiger partial charge in [0.15, 0.2) is 0 Å². The lowest BCUT2D eigenvalue weighted by molar-refractivity contribution is -0.387. The molecule has 16 heteroatoms. The molecule has 0 radical (unpaired) electrons. The molecule has 45 heavy (non-hydrogen) atoms. The van der Waals surface area contributed by atoms with Crippen LogP contribution in [0.1, 0.15) is 19.3 Å². The van der Waals surface area contributed by atoms with Crippen LogP contribution in [0.3, 0.4) is 0 Å². The zero-order valence-corrected chi connectivity index (χ0v) is 25.1. The summed E-state index contributed by atoms with van der Waals surface area (Å²) >= 11 is 0. The van der Waals surface area contributed by atoms with E-state index < -0.39 is 41.4 Å². The van der Waals surface area contributed by atoms with Gasteiger partial charge in [0.05, 0.1) is 31.0 Å². The van der Waals surface area contributed by atoms with E-state index in [4.69, 9.17) is 0 Å². The first-order valence-corrected chi connectivity index (χ1v) is 16.4. The molecule has 1 aliphatic rings. The molecule has 0 amide bonds. The van der Waals surface area contributed by atoms with Gasteiger partial charge in [-0.25, -0.2) is 16.8 Å². The maximum Gasteiger partial charge on any atom is 0.306 e. The summed E-state index contributed by atoms with van der Waals surface area (Å²) in [5.41, 5.74) is -0.461. The second-order valence-corrected chi connectivity index (χ2v) is 13.3. The molecular formula is C29H28FN5O8S2. The fourth-order valence-corrected chi connectivity index (χ4v) is 6.33. The predicted octanol–water partition coefficient (Wildman–Crippen LogP) is 6.14. The average Bonchev–Trinajstić information content (AvgIpc) is 2.98. The van der Waals surface area contributed by atoms with Crippen molar-refractivity contribution in [1.82, 2.24) is 0 Å². The van der Waals surface area contributed by atoms with E-state index in [1.165, 1.54) is 42.8 Å². The molecule has 0 spiro atoms. The Labute approximate surface area is 258 Å². The van der Waals surface area contributed by atoms with Crippen LogP contribution in [0.5, 0.6) is 0 Å². The van der Waals surface area contributed by atoms with Gasteiger partial charge < -0.3 is 5.32 Å². The zero-order chi connectivity index (χ0) is 32.6. The van der Waals surface area contributed by atoms with E-state index in [0.29, 0.717) is 18.2 Å². The highest BCUT2D eigenvalue weighted by molar-refractivity contribution is 7.93. The Kier molecular flexibility index (Phi) is 10.3. The number of nitrogens with zero attached hydrogens (tertiary/aromatic N) is 2. The van der Waals surface area contributed by atoms with E-state index in [2.05, 4.69) is 14.8 Å². The van der Waals surface area contributed by atoms with Gasteiger partial charge in [0.2, 0.25) is 5.82 Å². The Morgan fingerprint density at radius 2 is 1.16 bits per heavy atom. The fourth-order valence-electron chi connectivity index (χ4n) is 4.19. The van der Waals surface area contributed by atoms with Crippen molar-refractivity contribution in [3.8, 4) is 0 Å². The van der Waals surface area contributed by atoms with Crippen LogP contribution < -0.4 is 14.8 Å². The van der Waals surface area contributed by atoms with Gasteiger partial charge in [-0.2, -0.15) is 4.39 Å². The van der Waals surface area contributed by atoms with Crippen LogP contribution in [-0.4, -0.2) is 33.2 Å². The van der Waals surface area contributed by atoms with E-state index >= 15 is 0 Å². The second kappa shape index (κ2) is 14.1. The average molecular weight is 658 g/mol. The summed E-state index contributed by atoms with van der Waals surface area (Å²) in [6.45, 7) is 0.690. The number of rotatable bonds is 11. The molecule has 0 unspecified atom stereocenters. The van der Waals surface area contributed by atoms with Gasteiger partial charge in [-0.3, -0.25) is 29.7 Å². The third-order valence-electron chi connectivity index (χ3n) is 6.75. The van der Waals surface area contributed by atoms with Crippen molar-refractivity contribution in [2.75, 3.05) is 21.3 Å². The maximum absolute atomic E-state index is 13.2. The Morgan fingerprint density at radius 3 is 1.60 bits per heavy atom. The number of halogens is 1. The number of nitro groups is 2. The molecule has 0 saturated heterocycles. The summed E-state index contributed by atoms with van der Waals surface area (Å²) in [5, 5.41) is 25.0. The molecule has 0 bridgehead atoms. The predicted molar refractivity (Wildman–Crippen MR) is 166 cm³/mol. The van der Waals surface area contributed by atoms with Crippen LogP contribution >= 0.6 is 0 Å². The standard InChI is InChI=1S/C17H19N3O4S.C12H9FN2O4S/c21-20(22)17-11-14(9-10-16(17)18-12-13-5-4-6-13)19-25(23,24)15-7-2-1-3-8-15;13-11-7-6-9(8-12(11)15(16)17)14-20(18,19)10-4-2-1-3-5-10/h1-3,7-11,13,18-19H,4-6,12H2;1-8,14H. The Hall–Kier alpha value is -5.09. The van der Waals surface area contributed by atoms with Crippen molar-refractivity contribution >= 4 is 48.5 Å². The minimum absolute atomic E-state index is 0.00646. The molecule has 1 aliphatic carbocycles. The quantitative estimate of drug-likeness (QED) is 0.126. The summed E-state index contributed by atoms with van der Waals surface area (Å²) in [6, 6.07) is 22.4. The summed E-state index contributed by atoms with van der Waals surface area (Å²) in [6.07, 6.45) is 3.47. The third-order valence-corrected chi connectivity index (χ3v) is 9.55. The van der Waals surface area contributed by atoms with Gasteiger partial charge in [0.1, 0.15) is 5.69 Å². The smallest absolute Gasteiger partial charge is 0.306 e. The van der Waals surface area contributed by atoms with E-state index in [1.54, 1.807) is 42.5 Å². The third kappa shape index (κ3) is 8.73. The first kappa shape index (κ1) is 32.8. The highest BCUT2D eigenvalue weighted by Crippen LogP contribution is 2.32. The van der Waals surface area contributed by atoms with E-state index in [1.807, 2.05) is 0 Å². The lowest BCUT2D eigenvalue weighted by Gasteiger charge is -2.25. The van der Waals surface area contributed by atoms with Crippen molar-refractivity contribution < 1.29 is 31.1 Å². The maximum atomic E-state index is 13.2. The molecule has 0 heterocycles. The summed E-state index contributed by atoms with van der Waals surface area (Å²) in [4.78, 5) is 20.6. The summed E-state index contributed by atoms with van der Waals surface area (Å²) in [7, 11) is -7.65. The van der Waals surface area contributed by atoms with Crippen LogP contribution in [0, 0.1) is 32.0 Å². The Balaban J connectivity index is 0.000000210. The number of sulfonamides is 2. The van der Waals surface area contributed by atoms with Crippen LogP contribution in [0.25, 0.3) is 0 Å². The first-order valence-electron chi connectivity index (χ1n) is 13.5. The molecule has 0 aliphatic heterocycles. The molecule has 0 aromatic heterocycles. The van der Waals surface area contributed by atoms with E-state index in [9.17, 15) is 41.5 Å². The highest BCUT2D eigenvalue weighted by atomic mass is 32.2. The molecule has 4 aromatic rings. The molecule has 5 rings (SSSR count). The topological polar surface area (TPSA) is 191 Å². The van der Waals surface area contributed by atoms with Crippen LogP contribution in [-0.2, 0) is 20.0 Å². The van der Waals surface area contributed by atoms with Crippen molar-refractivity contribution in [2.45, 2.75) is 29.1 Å². The SMILES string of the molecule is O=[N+]([O-])c1cc(NS(=O)(=O)c2ccccc2)ccc1F.O=[N+]([O-])c1cc(NS(=O)(=O)c2ccccc2)ccc1NCC1CCC1. The van der Waals surface area contributed by atoms with Crippen molar-refractivity contribution in [3.63, 3.8) is 0 Å². The largest absolute Gasteiger partial charge is 0.379 e. The van der Waals surface area contributed by atoms with E-state index in [0.717, 1.165) is 31.0 Å². The Bertz CT molecular complexity index is 1890. The monoisotopic (exact) mass is 657 g/mol. The number of hydrogen-bond donors (Lipinski definition) is 3. The number of nitrogens with one attached hydrogen (secondary N) is 3. The molecular weight excluding hydrogens is 629 g/mol. The summed E-state index contributed by atoms with van der Waals surface area (Å²) < 4.78 is 66.4. The van der Waals surface area contributed by atoms with Crippen molar-refractivity contribution in [1.29, 1.82) is 0 Å². The number of hydrogen-bond acceptors (Lipinski definition) is 9. The van der Waals surface area contributed by atoms with Crippen LogP contribution in [0.15, 0.2) is 107 Å².